The van der Waals surface area contributed by atoms with Crippen LogP contribution in [-0.2, 0) is 27.2 Å². The van der Waals surface area contributed by atoms with Crippen LogP contribution >= 0.6 is 23.8 Å². The van der Waals surface area contributed by atoms with Gasteiger partial charge in [0.1, 0.15) is 47.7 Å². The third-order valence-corrected chi connectivity index (χ3v) is 18.4. The third-order valence-electron chi connectivity index (χ3n) is 10.2. The molecule has 0 aliphatic rings. The van der Waals surface area contributed by atoms with E-state index in [9.17, 15) is 26.7 Å². The number of hydrogen-bond donors (Lipinski definition) is 1. The molecule has 9 aromatic carbocycles. The van der Waals surface area contributed by atoms with Crippen LogP contribution in [0, 0.1) is 0 Å². The maximum Gasteiger partial charge on any atom is 0.465 e. The van der Waals surface area contributed by atoms with E-state index < -0.39 is 41.8 Å². The first-order valence-electron chi connectivity index (χ1n) is 21.3. The molecule has 0 bridgehead atoms. The average Bonchev–Trinajstić information content (AvgIpc) is 3.37. The number of carboxylic acids is 1. The molecule has 0 amide bonds. The van der Waals surface area contributed by atoms with Crippen LogP contribution in [0.3, 0.4) is 0 Å². The Balaban J connectivity index is 0.000000173. The van der Waals surface area contributed by atoms with Gasteiger partial charge in [-0.2, -0.15) is 22.0 Å². The second-order valence-electron chi connectivity index (χ2n) is 14.8. The van der Waals surface area contributed by atoms with Crippen LogP contribution < -0.4 is 47.7 Å². The standard InChI is InChI=1S/3C18H15P.C3HF5O2.Ag/c3*1-4-10-16(11-5-1)19(17-12-6-2-7-13-17)18-14-8-3-9-15-18;4-2(5,1(9)10)3(6,7)8;/h3*1-15H;(H,9,10);/p+3. The van der Waals surface area contributed by atoms with E-state index in [4.69, 9.17) is 5.11 Å². The van der Waals surface area contributed by atoms with Gasteiger partial charge in [0, 0.05) is 22.4 Å². The molecule has 0 spiro atoms. The van der Waals surface area contributed by atoms with Crippen molar-refractivity contribution in [3.63, 3.8) is 0 Å². The van der Waals surface area contributed by atoms with Crippen LogP contribution in [0.15, 0.2) is 273 Å². The summed E-state index contributed by atoms with van der Waals surface area (Å²) < 4.78 is 55.5. The molecule has 0 unspecified atom stereocenters. The van der Waals surface area contributed by atoms with Crippen LogP contribution in [0.4, 0.5) is 22.0 Å². The first-order chi connectivity index (χ1) is 32.5. The van der Waals surface area contributed by atoms with Gasteiger partial charge in [0.25, 0.3) is 0 Å². The number of alkyl halides is 5. The first-order valence-corrected chi connectivity index (χ1v) is 25.8. The maximum atomic E-state index is 11.3. The van der Waals surface area contributed by atoms with E-state index >= 15 is 0 Å². The SMILES string of the molecule is O=C(O)C(F)(F)C(F)(F)F.[Ag].c1ccc([PH+](c2ccccc2)c2ccccc2)cc1.c1ccc([PH+](c2ccccc2)c2ccccc2)cc1.c1ccc([PH+](c2ccccc2)c2ccccc2)cc1. The molecule has 0 heterocycles. The monoisotopic (exact) mass is 1060 g/mol. The Morgan fingerprint density at radius 1 is 0.279 bits per heavy atom. The Labute approximate surface area is 414 Å². The predicted molar refractivity (Wildman–Crippen MR) is 278 cm³/mol. The minimum Gasteiger partial charge on any atom is -0.477 e. The molecule has 1 N–H and O–H groups in total. The summed E-state index contributed by atoms with van der Waals surface area (Å²) in [5, 5.41) is 20.2. The molecule has 347 valence electrons. The molecule has 68 heavy (non-hydrogen) atoms. The van der Waals surface area contributed by atoms with Crippen LogP contribution in [0.5, 0.6) is 0 Å². The van der Waals surface area contributed by atoms with Crippen molar-refractivity contribution in [2.45, 2.75) is 12.1 Å². The predicted octanol–water partition coefficient (Wildman–Crippen LogP) is 10.8. The summed E-state index contributed by atoms with van der Waals surface area (Å²) in [4.78, 5) is 9.20. The van der Waals surface area contributed by atoms with Gasteiger partial charge in [0.05, 0.1) is 23.8 Å². The number of halogens is 5. The van der Waals surface area contributed by atoms with E-state index in [1.807, 2.05) is 0 Å². The third kappa shape index (κ3) is 15.3. The van der Waals surface area contributed by atoms with Crippen molar-refractivity contribution in [3.8, 4) is 0 Å². The van der Waals surface area contributed by atoms with Gasteiger partial charge in [-0.25, -0.2) is 4.79 Å². The molecule has 2 nitrogen and oxygen atoms in total. The fourth-order valence-corrected chi connectivity index (χ4v) is 14.8. The van der Waals surface area contributed by atoms with Crippen LogP contribution in [0.1, 0.15) is 0 Å². The van der Waals surface area contributed by atoms with E-state index in [0.29, 0.717) is 0 Å². The zero-order chi connectivity index (χ0) is 47.3. The van der Waals surface area contributed by atoms with Crippen molar-refractivity contribution in [2.75, 3.05) is 0 Å². The Bertz CT molecular complexity index is 2210. The molecule has 0 aliphatic carbocycles. The molecule has 9 rings (SSSR count). The normalized spacial score (nSPS) is 10.8. The minimum absolute atomic E-state index is 0. The van der Waals surface area contributed by atoms with Crippen LogP contribution in [-0.4, -0.2) is 23.2 Å². The summed E-state index contributed by atoms with van der Waals surface area (Å²) in [7, 11) is -2.63. The largest absolute Gasteiger partial charge is 0.477 e. The number of benzene rings is 9. The number of carbonyl (C=O) groups is 1. The topological polar surface area (TPSA) is 37.3 Å². The summed E-state index contributed by atoms with van der Waals surface area (Å²) >= 11 is 0. The molecule has 11 heteroatoms. The van der Waals surface area contributed by atoms with Crippen molar-refractivity contribution in [1.82, 2.24) is 0 Å². The quantitative estimate of drug-likeness (QED) is 0.0842. The van der Waals surface area contributed by atoms with Crippen molar-refractivity contribution < 1.29 is 54.2 Å². The molecule has 0 atom stereocenters. The zero-order valence-electron chi connectivity index (χ0n) is 36.5. The summed E-state index contributed by atoms with van der Waals surface area (Å²) in [6.07, 6.45) is -6.02. The van der Waals surface area contributed by atoms with E-state index in [2.05, 4.69) is 273 Å². The van der Waals surface area contributed by atoms with Crippen molar-refractivity contribution >= 4 is 77.5 Å². The van der Waals surface area contributed by atoms with Gasteiger partial charge in [-0.3, -0.25) is 0 Å². The van der Waals surface area contributed by atoms with E-state index in [-0.39, 0.29) is 22.4 Å². The average molecular weight is 1060 g/mol. The molecule has 0 fully saturated rings. The van der Waals surface area contributed by atoms with Gasteiger partial charge in [0.2, 0.25) is 0 Å². The second kappa shape index (κ2) is 27.2. The summed E-state index contributed by atoms with van der Waals surface area (Å²) in [6.45, 7) is 0. The number of rotatable bonds is 10. The molecule has 0 saturated carbocycles. The van der Waals surface area contributed by atoms with Crippen molar-refractivity contribution in [1.29, 1.82) is 0 Å². The molecule has 1 radical (unpaired) electrons. The molecule has 0 aliphatic heterocycles. The van der Waals surface area contributed by atoms with Gasteiger partial charge in [0.15, 0.2) is 0 Å². The Hall–Kier alpha value is -5.87. The minimum atomic E-state index is -6.02. The molecule has 0 aromatic heterocycles. The maximum absolute atomic E-state index is 11.3. The number of aliphatic carboxylic acids is 1. The van der Waals surface area contributed by atoms with Gasteiger partial charge in [-0.1, -0.05) is 164 Å². The van der Waals surface area contributed by atoms with Crippen LogP contribution in [0.2, 0.25) is 0 Å². The molecule has 9 aromatic rings. The number of carboxylic acid groups (broad SMARTS) is 1. The molecular formula is C57H49AgF5O2P3+3. The van der Waals surface area contributed by atoms with Gasteiger partial charge < -0.3 is 5.11 Å². The Morgan fingerprint density at radius 2 is 0.397 bits per heavy atom. The molecular weight excluding hydrogens is 1010 g/mol. The second-order valence-corrected chi connectivity index (χ2v) is 22.2. The fraction of sp³-hybridized carbons (Fsp3) is 0.0351. The first kappa shape index (κ1) is 53.1. The van der Waals surface area contributed by atoms with Crippen molar-refractivity contribution in [2.24, 2.45) is 0 Å². The van der Waals surface area contributed by atoms with Gasteiger partial charge >= 0.3 is 18.1 Å². The smallest absolute Gasteiger partial charge is 0.465 e. The molecule has 0 saturated heterocycles. The van der Waals surface area contributed by atoms with E-state index in [0.717, 1.165) is 0 Å². The number of hydrogen-bond acceptors (Lipinski definition) is 1. The Kier molecular flexibility index (Phi) is 21.2. The fourth-order valence-electron chi connectivity index (χ4n) is 7.06. The van der Waals surface area contributed by atoms with Gasteiger partial charge in [-0.05, 0) is 109 Å². The summed E-state index contributed by atoms with van der Waals surface area (Å²) in [5.41, 5.74) is 0. The summed E-state index contributed by atoms with van der Waals surface area (Å²) in [6, 6.07) is 97.5. The summed E-state index contributed by atoms with van der Waals surface area (Å²) in [5.74, 6) is -8.84. The van der Waals surface area contributed by atoms with Crippen molar-refractivity contribution in [3.05, 3.63) is 273 Å². The zero-order valence-corrected chi connectivity index (χ0v) is 41.0. The van der Waals surface area contributed by atoms with Gasteiger partial charge in [-0.15, -0.1) is 0 Å². The van der Waals surface area contributed by atoms with Crippen LogP contribution in [0.25, 0.3) is 0 Å². The van der Waals surface area contributed by atoms with E-state index in [1.165, 1.54) is 47.7 Å². The Morgan fingerprint density at radius 3 is 0.471 bits per heavy atom. The van der Waals surface area contributed by atoms with E-state index in [1.54, 1.807) is 0 Å².